The number of hydrogen-bond acceptors (Lipinski definition) is 2. The number of rotatable bonds is 3. The zero-order chi connectivity index (χ0) is 14.6. The van der Waals surface area contributed by atoms with Crippen molar-refractivity contribution in [3.8, 4) is 0 Å². The normalized spacial score (nSPS) is 19.9. The van der Waals surface area contributed by atoms with E-state index in [-0.39, 0.29) is 17.4 Å². The van der Waals surface area contributed by atoms with E-state index in [1.807, 2.05) is 23.1 Å². The molecule has 1 amide bonds. The SMILES string of the molecule is CC(C)(C)CC(=O)N1CCOC(Cc2ccccc2)C1. The first-order chi connectivity index (χ1) is 9.44. The van der Waals surface area contributed by atoms with E-state index in [9.17, 15) is 4.79 Å². The lowest BCUT2D eigenvalue weighted by atomic mass is 9.91. The van der Waals surface area contributed by atoms with Crippen molar-refractivity contribution in [1.29, 1.82) is 0 Å². The quantitative estimate of drug-likeness (QED) is 0.849. The van der Waals surface area contributed by atoms with Gasteiger partial charge in [-0.1, -0.05) is 51.1 Å². The monoisotopic (exact) mass is 275 g/mol. The number of carbonyl (C=O) groups is 1. The zero-order valence-electron chi connectivity index (χ0n) is 12.8. The van der Waals surface area contributed by atoms with Gasteiger partial charge in [0.05, 0.1) is 12.7 Å². The molecule has 110 valence electrons. The first-order valence-electron chi connectivity index (χ1n) is 7.37. The fraction of sp³-hybridized carbons (Fsp3) is 0.588. The molecule has 1 heterocycles. The molecule has 1 aromatic carbocycles. The van der Waals surface area contributed by atoms with Gasteiger partial charge in [0.1, 0.15) is 0 Å². The Morgan fingerprint density at radius 3 is 2.65 bits per heavy atom. The number of hydrogen-bond donors (Lipinski definition) is 0. The van der Waals surface area contributed by atoms with Gasteiger partial charge in [-0.25, -0.2) is 0 Å². The molecule has 2 rings (SSSR count). The number of nitrogens with zero attached hydrogens (tertiary/aromatic N) is 1. The minimum absolute atomic E-state index is 0.0459. The van der Waals surface area contributed by atoms with Crippen molar-refractivity contribution in [1.82, 2.24) is 4.90 Å². The fourth-order valence-corrected chi connectivity index (χ4v) is 2.51. The maximum absolute atomic E-state index is 12.3. The highest BCUT2D eigenvalue weighted by Crippen LogP contribution is 2.21. The standard InChI is InChI=1S/C17H25NO2/c1-17(2,3)12-16(19)18-9-10-20-15(13-18)11-14-7-5-4-6-8-14/h4-8,15H,9-13H2,1-3H3. The molecule has 3 heteroatoms. The van der Waals surface area contributed by atoms with Crippen LogP contribution >= 0.6 is 0 Å². The molecule has 0 aliphatic carbocycles. The molecule has 0 saturated carbocycles. The Balaban J connectivity index is 1.90. The molecule has 20 heavy (non-hydrogen) atoms. The van der Waals surface area contributed by atoms with Crippen LogP contribution in [0.5, 0.6) is 0 Å². The number of benzene rings is 1. The number of carbonyl (C=O) groups excluding carboxylic acids is 1. The Bertz CT molecular complexity index is 436. The molecule has 0 bridgehead atoms. The van der Waals surface area contributed by atoms with Crippen LogP contribution < -0.4 is 0 Å². The molecule has 1 aliphatic rings. The van der Waals surface area contributed by atoms with Crippen molar-refractivity contribution in [2.45, 2.75) is 39.7 Å². The van der Waals surface area contributed by atoms with Crippen LogP contribution in [0.4, 0.5) is 0 Å². The van der Waals surface area contributed by atoms with Gasteiger partial charge in [0.15, 0.2) is 0 Å². The van der Waals surface area contributed by atoms with Gasteiger partial charge in [-0.05, 0) is 11.0 Å². The average Bonchev–Trinajstić information content (AvgIpc) is 2.38. The smallest absolute Gasteiger partial charge is 0.223 e. The predicted octanol–water partition coefficient (Wildman–Crippen LogP) is 2.89. The van der Waals surface area contributed by atoms with Gasteiger partial charge < -0.3 is 9.64 Å². The molecule has 0 spiro atoms. The molecule has 1 atom stereocenters. The Morgan fingerprint density at radius 1 is 1.30 bits per heavy atom. The van der Waals surface area contributed by atoms with E-state index in [1.54, 1.807) is 0 Å². The van der Waals surface area contributed by atoms with Gasteiger partial charge in [0.25, 0.3) is 0 Å². The average molecular weight is 275 g/mol. The largest absolute Gasteiger partial charge is 0.374 e. The van der Waals surface area contributed by atoms with Crippen molar-refractivity contribution in [3.05, 3.63) is 35.9 Å². The summed E-state index contributed by atoms with van der Waals surface area (Å²) in [5, 5.41) is 0. The van der Waals surface area contributed by atoms with Crippen LogP contribution in [-0.4, -0.2) is 36.6 Å². The van der Waals surface area contributed by atoms with Crippen LogP contribution in [0.3, 0.4) is 0 Å². The molecule has 1 fully saturated rings. The van der Waals surface area contributed by atoms with Crippen molar-refractivity contribution >= 4 is 5.91 Å². The third kappa shape index (κ3) is 4.64. The first-order valence-corrected chi connectivity index (χ1v) is 7.37. The van der Waals surface area contributed by atoms with Gasteiger partial charge in [0.2, 0.25) is 5.91 Å². The Labute approximate surface area is 121 Å². The minimum atomic E-state index is 0.0459. The molecule has 0 aromatic heterocycles. The molecule has 0 radical (unpaired) electrons. The highest BCUT2D eigenvalue weighted by atomic mass is 16.5. The summed E-state index contributed by atoms with van der Waals surface area (Å²) < 4.78 is 5.80. The summed E-state index contributed by atoms with van der Waals surface area (Å²) in [4.78, 5) is 14.2. The second-order valence-electron chi connectivity index (χ2n) is 6.76. The zero-order valence-corrected chi connectivity index (χ0v) is 12.8. The topological polar surface area (TPSA) is 29.5 Å². The highest BCUT2D eigenvalue weighted by molar-refractivity contribution is 5.76. The predicted molar refractivity (Wildman–Crippen MR) is 80.5 cm³/mol. The van der Waals surface area contributed by atoms with E-state index >= 15 is 0 Å². The van der Waals surface area contributed by atoms with E-state index in [4.69, 9.17) is 4.74 Å². The third-order valence-corrected chi connectivity index (χ3v) is 3.48. The summed E-state index contributed by atoms with van der Waals surface area (Å²) in [5.41, 5.74) is 1.31. The van der Waals surface area contributed by atoms with Crippen LogP contribution in [0.25, 0.3) is 0 Å². The molecule has 1 aromatic rings. The van der Waals surface area contributed by atoms with E-state index in [0.717, 1.165) is 13.0 Å². The second kappa shape index (κ2) is 6.40. The number of amides is 1. The molecule has 3 nitrogen and oxygen atoms in total. The molecular weight excluding hydrogens is 250 g/mol. The summed E-state index contributed by atoms with van der Waals surface area (Å²) in [6.07, 6.45) is 1.60. The van der Waals surface area contributed by atoms with E-state index < -0.39 is 0 Å². The van der Waals surface area contributed by atoms with Crippen LogP contribution in [0.15, 0.2) is 30.3 Å². The van der Waals surface area contributed by atoms with E-state index in [0.29, 0.717) is 19.6 Å². The van der Waals surface area contributed by atoms with Gasteiger partial charge in [0, 0.05) is 25.9 Å². The van der Waals surface area contributed by atoms with Gasteiger partial charge >= 0.3 is 0 Å². The fourth-order valence-electron chi connectivity index (χ4n) is 2.51. The van der Waals surface area contributed by atoms with Crippen LogP contribution in [-0.2, 0) is 16.0 Å². The van der Waals surface area contributed by atoms with Crippen molar-refractivity contribution in [2.75, 3.05) is 19.7 Å². The maximum Gasteiger partial charge on any atom is 0.223 e. The third-order valence-electron chi connectivity index (χ3n) is 3.48. The molecule has 0 N–H and O–H groups in total. The Morgan fingerprint density at radius 2 is 2.00 bits per heavy atom. The van der Waals surface area contributed by atoms with E-state index in [2.05, 4.69) is 32.9 Å². The molecular formula is C17H25NO2. The Hall–Kier alpha value is -1.35. The molecule has 1 saturated heterocycles. The molecule has 1 aliphatic heterocycles. The minimum Gasteiger partial charge on any atom is -0.374 e. The lowest BCUT2D eigenvalue weighted by Gasteiger charge is -2.34. The van der Waals surface area contributed by atoms with Gasteiger partial charge in [-0.2, -0.15) is 0 Å². The summed E-state index contributed by atoms with van der Waals surface area (Å²) >= 11 is 0. The summed E-state index contributed by atoms with van der Waals surface area (Å²) in [6, 6.07) is 10.3. The number of ether oxygens (including phenoxy) is 1. The van der Waals surface area contributed by atoms with Crippen molar-refractivity contribution < 1.29 is 9.53 Å². The van der Waals surface area contributed by atoms with Crippen LogP contribution in [0.2, 0.25) is 0 Å². The summed E-state index contributed by atoms with van der Waals surface area (Å²) in [7, 11) is 0. The first kappa shape index (κ1) is 15.0. The lowest BCUT2D eigenvalue weighted by Crippen LogP contribution is -2.47. The van der Waals surface area contributed by atoms with Crippen LogP contribution in [0, 0.1) is 5.41 Å². The Kier molecular flexibility index (Phi) is 4.81. The summed E-state index contributed by atoms with van der Waals surface area (Å²) in [5.74, 6) is 0.249. The van der Waals surface area contributed by atoms with Crippen molar-refractivity contribution in [2.24, 2.45) is 5.41 Å². The van der Waals surface area contributed by atoms with Crippen LogP contribution in [0.1, 0.15) is 32.8 Å². The number of morpholine rings is 1. The van der Waals surface area contributed by atoms with Crippen molar-refractivity contribution in [3.63, 3.8) is 0 Å². The second-order valence-corrected chi connectivity index (χ2v) is 6.76. The summed E-state index contributed by atoms with van der Waals surface area (Å²) in [6.45, 7) is 8.39. The van der Waals surface area contributed by atoms with Gasteiger partial charge in [-0.3, -0.25) is 4.79 Å². The lowest BCUT2D eigenvalue weighted by molar-refractivity contribution is -0.140. The van der Waals surface area contributed by atoms with Gasteiger partial charge in [-0.15, -0.1) is 0 Å². The molecule has 1 unspecified atom stereocenters. The highest BCUT2D eigenvalue weighted by Gasteiger charge is 2.27. The maximum atomic E-state index is 12.3. The van der Waals surface area contributed by atoms with E-state index in [1.165, 1.54) is 5.56 Å².